The maximum absolute atomic E-state index is 7.80. The Balaban J connectivity index is 1.25. The van der Waals surface area contributed by atoms with E-state index < -0.39 is 6.85 Å². The van der Waals surface area contributed by atoms with Crippen LogP contribution in [0.5, 0.6) is 0 Å². The van der Waals surface area contributed by atoms with Gasteiger partial charge in [0.2, 0.25) is 0 Å². The number of benzene rings is 1. The van der Waals surface area contributed by atoms with Gasteiger partial charge in [0.15, 0.2) is 5.65 Å². The molecule has 2 saturated heterocycles. The lowest BCUT2D eigenvalue weighted by Crippen LogP contribution is -2.52. The predicted molar refractivity (Wildman–Crippen MR) is 133 cm³/mol. The number of piperidine rings is 1. The van der Waals surface area contributed by atoms with Gasteiger partial charge in [-0.25, -0.2) is 9.50 Å². The Kier molecular flexibility index (Phi) is 4.44. The Bertz CT molecular complexity index is 1380. The molecule has 7 heteroatoms. The lowest BCUT2D eigenvalue weighted by molar-refractivity contribution is 0.0982. The summed E-state index contributed by atoms with van der Waals surface area (Å²) in [5.74, 6) is 0. The minimum atomic E-state index is -2.17. The van der Waals surface area contributed by atoms with E-state index in [0.29, 0.717) is 11.6 Å². The highest BCUT2D eigenvalue weighted by molar-refractivity contribution is 5.97. The van der Waals surface area contributed by atoms with Crippen LogP contribution >= 0.6 is 0 Å². The molecule has 0 spiro atoms. The highest BCUT2D eigenvalue weighted by atomic mass is 15.3. The summed E-state index contributed by atoms with van der Waals surface area (Å²) in [5.41, 5.74) is 4.63. The number of piperazine rings is 1. The maximum Gasteiger partial charge on any atom is 0.162 e. The molecular formula is C26H31N7. The van der Waals surface area contributed by atoms with Crippen molar-refractivity contribution in [3.63, 3.8) is 0 Å². The van der Waals surface area contributed by atoms with Gasteiger partial charge in [-0.05, 0) is 50.5 Å². The summed E-state index contributed by atoms with van der Waals surface area (Å²) in [6.07, 6.45) is 9.88. The first-order valence-corrected chi connectivity index (χ1v) is 11.8. The van der Waals surface area contributed by atoms with E-state index in [4.69, 9.17) is 9.10 Å². The number of pyridine rings is 1. The van der Waals surface area contributed by atoms with E-state index in [-0.39, 0.29) is 0 Å². The van der Waals surface area contributed by atoms with Crippen LogP contribution in [0, 0.1) is 6.85 Å². The molecule has 0 bridgehead atoms. The monoisotopic (exact) mass is 444 g/mol. The van der Waals surface area contributed by atoms with E-state index in [1.165, 1.54) is 25.9 Å². The number of rotatable bonds is 3. The molecule has 4 aromatic rings. The van der Waals surface area contributed by atoms with Crippen molar-refractivity contribution in [2.45, 2.75) is 25.7 Å². The Labute approximate surface area is 198 Å². The molecular weight excluding hydrogens is 410 g/mol. The van der Waals surface area contributed by atoms with Crippen molar-refractivity contribution < 1.29 is 4.11 Å². The summed E-state index contributed by atoms with van der Waals surface area (Å²) >= 11 is 0. The summed E-state index contributed by atoms with van der Waals surface area (Å²) < 4.78 is 25.2. The smallest absolute Gasteiger partial charge is 0.162 e. The zero-order valence-corrected chi connectivity index (χ0v) is 19.0. The summed E-state index contributed by atoms with van der Waals surface area (Å²) in [7, 11) is 2.20. The second-order valence-electron chi connectivity index (χ2n) is 9.29. The molecule has 0 radical (unpaired) electrons. The molecule has 3 aromatic heterocycles. The fourth-order valence-corrected chi connectivity index (χ4v) is 5.28. The van der Waals surface area contributed by atoms with E-state index in [0.717, 1.165) is 59.5 Å². The average molecular weight is 445 g/mol. The van der Waals surface area contributed by atoms with Crippen molar-refractivity contribution >= 4 is 22.2 Å². The van der Waals surface area contributed by atoms with Crippen molar-refractivity contribution in [2.75, 3.05) is 51.2 Å². The van der Waals surface area contributed by atoms with Crippen molar-refractivity contribution in [1.29, 1.82) is 0 Å². The Morgan fingerprint density at radius 1 is 0.939 bits per heavy atom. The molecule has 0 saturated carbocycles. The van der Waals surface area contributed by atoms with Gasteiger partial charge in [0.1, 0.15) is 0 Å². The zero-order valence-electron chi connectivity index (χ0n) is 22.0. The number of aromatic nitrogens is 4. The first-order chi connectivity index (χ1) is 17.4. The number of hydrogen-bond donors (Lipinski definition) is 0. The third kappa shape index (κ3) is 3.85. The van der Waals surface area contributed by atoms with Gasteiger partial charge in [0, 0.05) is 66.6 Å². The second kappa shape index (κ2) is 8.39. The number of likely N-dealkylation sites (N-methyl/N-ethyl adjacent to an activating group) is 1. The molecule has 0 atom stereocenters. The minimum absolute atomic E-state index is 0.302. The van der Waals surface area contributed by atoms with Gasteiger partial charge in [-0.1, -0.05) is 11.6 Å². The van der Waals surface area contributed by atoms with Gasteiger partial charge in [0.25, 0.3) is 0 Å². The number of fused-ring (bicyclic) bond motifs is 2. The zero-order chi connectivity index (χ0) is 24.9. The van der Waals surface area contributed by atoms with Crippen LogP contribution in [0.2, 0.25) is 0 Å². The third-order valence-corrected chi connectivity index (χ3v) is 7.26. The maximum atomic E-state index is 7.80. The summed E-state index contributed by atoms with van der Waals surface area (Å²) in [5, 5.41) is 5.40. The SMILES string of the molecule is [2H]C([2H])([2H])c1ccc2nccc(-c3cnn4cc(N5CCC(N6CCN(C)CC6)CC5)cnc34)c2c1. The lowest BCUT2D eigenvalue weighted by atomic mass is 10.0. The fraction of sp³-hybridized carbons (Fsp3) is 0.423. The molecule has 2 aliphatic rings. The van der Waals surface area contributed by atoms with Crippen LogP contribution in [0.1, 0.15) is 22.5 Å². The van der Waals surface area contributed by atoms with Crippen molar-refractivity contribution in [3.05, 3.63) is 54.6 Å². The van der Waals surface area contributed by atoms with Crippen molar-refractivity contribution in [2.24, 2.45) is 0 Å². The molecule has 6 rings (SSSR count). The van der Waals surface area contributed by atoms with Gasteiger partial charge >= 0.3 is 0 Å². The van der Waals surface area contributed by atoms with Crippen molar-refractivity contribution in [3.8, 4) is 11.1 Å². The minimum Gasteiger partial charge on any atom is -0.369 e. The van der Waals surface area contributed by atoms with Crippen LogP contribution in [0.4, 0.5) is 5.69 Å². The number of hydrogen-bond acceptors (Lipinski definition) is 6. The Morgan fingerprint density at radius 2 is 1.79 bits per heavy atom. The molecule has 2 aliphatic heterocycles. The molecule has 33 heavy (non-hydrogen) atoms. The molecule has 170 valence electrons. The van der Waals surface area contributed by atoms with Crippen LogP contribution in [-0.2, 0) is 0 Å². The molecule has 0 N–H and O–H groups in total. The Morgan fingerprint density at radius 3 is 2.61 bits per heavy atom. The summed E-state index contributed by atoms with van der Waals surface area (Å²) in [4.78, 5) is 16.7. The van der Waals surface area contributed by atoms with Crippen LogP contribution in [0.3, 0.4) is 0 Å². The number of nitrogens with zero attached hydrogens (tertiary/aromatic N) is 7. The molecule has 0 unspecified atom stereocenters. The van der Waals surface area contributed by atoms with E-state index >= 15 is 0 Å². The number of aryl methyl sites for hydroxylation is 1. The molecule has 0 amide bonds. The largest absolute Gasteiger partial charge is 0.369 e. The lowest BCUT2D eigenvalue weighted by Gasteiger charge is -2.42. The highest BCUT2D eigenvalue weighted by Crippen LogP contribution is 2.31. The van der Waals surface area contributed by atoms with Crippen LogP contribution in [0.15, 0.2) is 49.1 Å². The standard InChI is InChI=1S/C26H31N7/c1-19-3-4-25-23(15-19)22(5-8-27-25)24-17-29-33-18-21(16-28-26(24)33)31-9-6-20(7-10-31)32-13-11-30(2)12-14-32/h3-5,8,15-18,20H,6-7,9-14H2,1-2H3/i1D3. The topological polar surface area (TPSA) is 52.8 Å². The van der Waals surface area contributed by atoms with Gasteiger partial charge in [-0.3, -0.25) is 9.88 Å². The van der Waals surface area contributed by atoms with Gasteiger partial charge in [-0.15, -0.1) is 0 Å². The van der Waals surface area contributed by atoms with Crippen LogP contribution in [0.25, 0.3) is 27.7 Å². The third-order valence-electron chi connectivity index (χ3n) is 7.26. The summed E-state index contributed by atoms with van der Waals surface area (Å²) in [6, 6.07) is 7.68. The highest BCUT2D eigenvalue weighted by Gasteiger charge is 2.27. The van der Waals surface area contributed by atoms with E-state index in [9.17, 15) is 0 Å². The summed E-state index contributed by atoms with van der Waals surface area (Å²) in [6.45, 7) is 4.52. The normalized spacial score (nSPS) is 20.8. The molecule has 1 aromatic carbocycles. The predicted octanol–water partition coefficient (Wildman–Crippen LogP) is 3.47. The second-order valence-corrected chi connectivity index (χ2v) is 9.29. The van der Waals surface area contributed by atoms with Gasteiger partial charge < -0.3 is 9.80 Å². The van der Waals surface area contributed by atoms with Crippen LogP contribution in [-0.4, -0.2) is 81.7 Å². The molecule has 2 fully saturated rings. The molecule has 0 aliphatic carbocycles. The van der Waals surface area contributed by atoms with Crippen LogP contribution < -0.4 is 4.90 Å². The van der Waals surface area contributed by atoms with Gasteiger partial charge in [-0.2, -0.15) is 5.10 Å². The van der Waals surface area contributed by atoms with E-state index in [1.807, 2.05) is 23.0 Å². The molecule has 7 nitrogen and oxygen atoms in total. The van der Waals surface area contributed by atoms with Crippen molar-refractivity contribution in [1.82, 2.24) is 29.4 Å². The van der Waals surface area contributed by atoms with Gasteiger partial charge in [0.05, 0.1) is 29.8 Å². The first kappa shape index (κ1) is 17.4. The fourth-order valence-electron chi connectivity index (χ4n) is 5.28. The first-order valence-electron chi connectivity index (χ1n) is 13.3. The van der Waals surface area contributed by atoms with E-state index in [2.05, 4.69) is 38.0 Å². The number of anilines is 1. The quantitative estimate of drug-likeness (QED) is 0.482. The van der Waals surface area contributed by atoms with E-state index in [1.54, 1.807) is 24.4 Å². The molecule has 5 heterocycles. The average Bonchev–Trinajstić information content (AvgIpc) is 3.31. The Hall–Kier alpha value is -3.03.